The molecule has 0 spiro atoms. The molecule has 1 saturated carbocycles. The van der Waals surface area contributed by atoms with Crippen LogP contribution < -0.4 is 0 Å². The summed E-state index contributed by atoms with van der Waals surface area (Å²) in [6.07, 6.45) is 4.89. The number of carbonyl (C=O) groups is 1. The summed E-state index contributed by atoms with van der Waals surface area (Å²) in [6, 6.07) is 8.19. The fourth-order valence-corrected chi connectivity index (χ4v) is 4.55. The van der Waals surface area contributed by atoms with Gasteiger partial charge in [-0.05, 0) is 37.5 Å². The summed E-state index contributed by atoms with van der Waals surface area (Å²) in [6.45, 7) is 3.57. The number of carbonyl (C=O) groups excluding carboxylic acids is 1. The molecule has 1 aliphatic heterocycles. The summed E-state index contributed by atoms with van der Waals surface area (Å²) in [7, 11) is 0. The normalized spacial score (nSPS) is 25.7. The molecule has 2 aliphatic rings. The van der Waals surface area contributed by atoms with Gasteiger partial charge in [0.05, 0.1) is 24.5 Å². The molecule has 3 atom stereocenters. The Morgan fingerprint density at radius 3 is 2.87 bits per heavy atom. The number of fused-ring (bicyclic) bond motifs is 1. The first kappa shape index (κ1) is 17.1. The lowest BCUT2D eigenvalue weighted by Crippen LogP contribution is -2.55. The van der Waals surface area contributed by atoms with Crippen LogP contribution in [-0.2, 0) is 9.53 Å². The van der Waals surface area contributed by atoms with Crippen LogP contribution in [0.5, 0.6) is 0 Å². The second-order valence-electron chi connectivity index (χ2n) is 6.35. The van der Waals surface area contributed by atoms with Gasteiger partial charge in [-0.15, -0.1) is 11.8 Å². The van der Waals surface area contributed by atoms with Crippen LogP contribution in [0.1, 0.15) is 43.4 Å². The second kappa shape index (κ2) is 7.91. The van der Waals surface area contributed by atoms with Crippen molar-refractivity contribution in [1.29, 1.82) is 0 Å². The van der Waals surface area contributed by atoms with Crippen LogP contribution in [0.15, 0.2) is 24.3 Å². The lowest BCUT2D eigenvalue weighted by molar-refractivity contribution is -0.146. The molecule has 0 bridgehead atoms. The molecule has 1 saturated heterocycles. The summed E-state index contributed by atoms with van der Waals surface area (Å²) >= 11 is 7.63. The van der Waals surface area contributed by atoms with Gasteiger partial charge in [0.2, 0.25) is 5.91 Å². The summed E-state index contributed by atoms with van der Waals surface area (Å²) in [4.78, 5) is 14.7. The number of amides is 1. The number of morpholine rings is 1. The van der Waals surface area contributed by atoms with Gasteiger partial charge < -0.3 is 9.64 Å². The van der Waals surface area contributed by atoms with Crippen LogP contribution in [0.2, 0.25) is 5.02 Å². The molecule has 0 aromatic heterocycles. The zero-order chi connectivity index (χ0) is 16.2. The third-order valence-electron chi connectivity index (χ3n) is 4.85. The van der Waals surface area contributed by atoms with E-state index in [-0.39, 0.29) is 12.0 Å². The predicted octanol–water partition coefficient (Wildman–Crippen LogP) is 4.30. The quantitative estimate of drug-likeness (QED) is 0.808. The van der Waals surface area contributed by atoms with Gasteiger partial charge in [-0.1, -0.05) is 36.6 Å². The van der Waals surface area contributed by atoms with Crippen LogP contribution in [0.25, 0.3) is 0 Å². The average Bonchev–Trinajstić information content (AvgIpc) is 2.59. The van der Waals surface area contributed by atoms with Crippen molar-refractivity contribution in [1.82, 2.24) is 4.90 Å². The molecule has 0 radical (unpaired) electrons. The number of nitrogens with zero attached hydrogens (tertiary/aromatic N) is 1. The van der Waals surface area contributed by atoms with Gasteiger partial charge in [0, 0.05) is 16.8 Å². The number of ether oxygens (including phenoxy) is 1. The summed E-state index contributed by atoms with van der Waals surface area (Å²) in [5.41, 5.74) is 1.21. The highest BCUT2D eigenvalue weighted by atomic mass is 35.5. The molecule has 3 unspecified atom stereocenters. The molecule has 1 aromatic carbocycles. The van der Waals surface area contributed by atoms with Crippen molar-refractivity contribution < 1.29 is 9.53 Å². The number of halogens is 1. The van der Waals surface area contributed by atoms with E-state index in [9.17, 15) is 4.79 Å². The van der Waals surface area contributed by atoms with E-state index in [0.29, 0.717) is 23.7 Å². The maximum Gasteiger partial charge on any atom is 0.233 e. The number of benzene rings is 1. The molecule has 5 heteroatoms. The number of hydrogen-bond acceptors (Lipinski definition) is 3. The summed E-state index contributed by atoms with van der Waals surface area (Å²) in [5.74, 6) is 0.795. The van der Waals surface area contributed by atoms with E-state index in [1.807, 2.05) is 24.3 Å². The van der Waals surface area contributed by atoms with Crippen molar-refractivity contribution in [3.63, 3.8) is 0 Å². The highest BCUT2D eigenvalue weighted by Crippen LogP contribution is 2.32. The smallest absolute Gasteiger partial charge is 0.233 e. The van der Waals surface area contributed by atoms with Gasteiger partial charge in [-0.25, -0.2) is 0 Å². The van der Waals surface area contributed by atoms with Crippen molar-refractivity contribution in [3.8, 4) is 0 Å². The first-order chi connectivity index (χ1) is 11.1. The molecule has 1 aromatic rings. The summed E-state index contributed by atoms with van der Waals surface area (Å²) in [5, 5.41) is 1.04. The van der Waals surface area contributed by atoms with Gasteiger partial charge in [-0.2, -0.15) is 0 Å². The molecule has 126 valence electrons. The number of thioether (sulfide) groups is 1. The molecular formula is C18H24ClNO2S. The minimum atomic E-state index is 0.260. The first-order valence-corrected chi connectivity index (χ1v) is 9.86. The Bertz CT molecular complexity index is 534. The Labute approximate surface area is 147 Å². The molecule has 2 fully saturated rings. The van der Waals surface area contributed by atoms with Crippen LogP contribution in [0, 0.1) is 0 Å². The van der Waals surface area contributed by atoms with Gasteiger partial charge in [0.15, 0.2) is 0 Å². The van der Waals surface area contributed by atoms with Crippen LogP contribution in [0.4, 0.5) is 0 Å². The minimum absolute atomic E-state index is 0.260. The third-order valence-corrected chi connectivity index (χ3v) is 6.29. The van der Waals surface area contributed by atoms with Gasteiger partial charge in [-0.3, -0.25) is 4.79 Å². The fourth-order valence-electron chi connectivity index (χ4n) is 3.52. The van der Waals surface area contributed by atoms with E-state index < -0.39 is 0 Å². The van der Waals surface area contributed by atoms with E-state index in [4.69, 9.17) is 16.3 Å². The highest BCUT2D eigenvalue weighted by molar-refractivity contribution is 8.00. The maximum atomic E-state index is 12.7. The fraction of sp³-hybridized carbons (Fsp3) is 0.611. The van der Waals surface area contributed by atoms with Gasteiger partial charge in [0.25, 0.3) is 0 Å². The maximum absolute atomic E-state index is 12.7. The third kappa shape index (κ3) is 4.23. The molecule has 3 rings (SSSR count). The highest BCUT2D eigenvalue weighted by Gasteiger charge is 2.36. The molecule has 1 aliphatic carbocycles. The number of rotatable bonds is 4. The average molecular weight is 354 g/mol. The summed E-state index contributed by atoms with van der Waals surface area (Å²) < 4.78 is 5.86. The Hall–Kier alpha value is -0.710. The Balaban J connectivity index is 1.55. The van der Waals surface area contributed by atoms with Crippen molar-refractivity contribution in [3.05, 3.63) is 34.9 Å². The van der Waals surface area contributed by atoms with Crippen molar-refractivity contribution in [2.75, 3.05) is 18.9 Å². The van der Waals surface area contributed by atoms with Crippen molar-refractivity contribution >= 4 is 29.3 Å². The van der Waals surface area contributed by atoms with Crippen LogP contribution >= 0.6 is 23.4 Å². The Morgan fingerprint density at radius 2 is 2.09 bits per heavy atom. The Kier molecular flexibility index (Phi) is 5.89. The largest absolute Gasteiger partial charge is 0.374 e. The molecule has 0 N–H and O–H groups in total. The first-order valence-electron chi connectivity index (χ1n) is 8.43. The Morgan fingerprint density at radius 1 is 1.35 bits per heavy atom. The zero-order valence-electron chi connectivity index (χ0n) is 13.5. The van der Waals surface area contributed by atoms with Gasteiger partial charge >= 0.3 is 0 Å². The molecule has 1 amide bonds. The predicted molar refractivity (Wildman–Crippen MR) is 96.0 cm³/mol. The topological polar surface area (TPSA) is 29.5 Å². The molecular weight excluding hydrogens is 330 g/mol. The SMILES string of the molecule is CC(SCC(=O)N1CCOC2CCCCC21)c1ccc(Cl)cc1. The van der Waals surface area contributed by atoms with Crippen molar-refractivity contribution in [2.24, 2.45) is 0 Å². The van der Waals surface area contributed by atoms with Gasteiger partial charge in [0.1, 0.15) is 0 Å². The zero-order valence-corrected chi connectivity index (χ0v) is 15.1. The van der Waals surface area contributed by atoms with E-state index in [1.165, 1.54) is 18.4 Å². The lowest BCUT2D eigenvalue weighted by Gasteiger charge is -2.43. The molecule has 23 heavy (non-hydrogen) atoms. The monoisotopic (exact) mass is 353 g/mol. The van der Waals surface area contributed by atoms with E-state index in [2.05, 4.69) is 11.8 Å². The van der Waals surface area contributed by atoms with Crippen LogP contribution in [0.3, 0.4) is 0 Å². The second-order valence-corrected chi connectivity index (χ2v) is 8.12. The van der Waals surface area contributed by atoms with E-state index in [0.717, 1.165) is 24.4 Å². The van der Waals surface area contributed by atoms with Crippen molar-refractivity contribution in [2.45, 2.75) is 50.0 Å². The van der Waals surface area contributed by atoms with E-state index >= 15 is 0 Å². The molecule has 3 nitrogen and oxygen atoms in total. The number of hydrogen-bond donors (Lipinski definition) is 0. The molecule has 1 heterocycles. The van der Waals surface area contributed by atoms with Crippen LogP contribution in [-0.4, -0.2) is 41.9 Å². The lowest BCUT2D eigenvalue weighted by atomic mass is 9.90. The minimum Gasteiger partial charge on any atom is -0.374 e. The standard InChI is InChI=1S/C18H24ClNO2S/c1-13(14-6-8-15(19)9-7-14)23-12-18(21)20-10-11-22-17-5-3-2-4-16(17)20/h6-9,13,16-17H,2-5,10-12H2,1H3. The van der Waals surface area contributed by atoms with E-state index in [1.54, 1.807) is 11.8 Å².